The summed E-state index contributed by atoms with van der Waals surface area (Å²) in [7, 11) is 0. The molecule has 0 atom stereocenters. The first-order chi connectivity index (χ1) is 9.65. The molecule has 2 aromatic rings. The quantitative estimate of drug-likeness (QED) is 0.844. The number of hydrogen-bond donors (Lipinski definition) is 2. The van der Waals surface area contributed by atoms with E-state index in [4.69, 9.17) is 21.4 Å². The highest BCUT2D eigenvalue weighted by Gasteiger charge is 2.06. The van der Waals surface area contributed by atoms with Crippen LogP contribution in [-0.4, -0.2) is 17.6 Å². The Morgan fingerprint density at radius 2 is 1.95 bits per heavy atom. The Labute approximate surface area is 122 Å². The monoisotopic (exact) mass is 291 g/mol. The molecule has 0 bridgehead atoms. The van der Waals surface area contributed by atoms with Gasteiger partial charge in [0.05, 0.1) is 12.1 Å². The van der Waals surface area contributed by atoms with Gasteiger partial charge in [-0.15, -0.1) is 0 Å². The second-order valence-electron chi connectivity index (χ2n) is 4.13. The summed E-state index contributed by atoms with van der Waals surface area (Å²) in [5, 5.41) is 12.2. The highest BCUT2D eigenvalue weighted by atomic mass is 35.5. The number of nitrogens with one attached hydrogen (secondary N) is 1. The standard InChI is InChI=1S/C15H14ClNO3/c16-11-6-7-14(20-12-4-2-1-3-5-12)13(10-11)17-9-8-15(18)19/h1-7,10,17H,8-9H2,(H,18,19). The summed E-state index contributed by atoms with van der Waals surface area (Å²) in [5.74, 6) is 0.451. The van der Waals surface area contributed by atoms with Crippen LogP contribution in [0.3, 0.4) is 0 Å². The zero-order valence-electron chi connectivity index (χ0n) is 10.7. The number of carboxylic acids is 1. The summed E-state index contributed by atoms with van der Waals surface area (Å²) in [6.07, 6.45) is 0.0251. The molecule has 4 nitrogen and oxygen atoms in total. The molecular formula is C15H14ClNO3. The maximum atomic E-state index is 10.5. The lowest BCUT2D eigenvalue weighted by atomic mass is 10.2. The maximum Gasteiger partial charge on any atom is 0.305 e. The molecule has 0 fully saturated rings. The van der Waals surface area contributed by atoms with Crippen LogP contribution in [0.15, 0.2) is 48.5 Å². The van der Waals surface area contributed by atoms with Gasteiger partial charge in [-0.3, -0.25) is 4.79 Å². The summed E-state index contributed by atoms with van der Waals surface area (Å²) in [4.78, 5) is 10.5. The molecule has 20 heavy (non-hydrogen) atoms. The fraction of sp³-hybridized carbons (Fsp3) is 0.133. The van der Waals surface area contributed by atoms with Crippen molar-refractivity contribution in [2.24, 2.45) is 0 Å². The van der Waals surface area contributed by atoms with Crippen molar-refractivity contribution in [3.8, 4) is 11.5 Å². The Morgan fingerprint density at radius 1 is 1.20 bits per heavy atom. The zero-order chi connectivity index (χ0) is 14.4. The lowest BCUT2D eigenvalue weighted by Crippen LogP contribution is -2.08. The summed E-state index contributed by atoms with van der Waals surface area (Å²) >= 11 is 5.95. The first-order valence-corrected chi connectivity index (χ1v) is 6.51. The predicted molar refractivity (Wildman–Crippen MR) is 78.7 cm³/mol. The minimum absolute atomic E-state index is 0.0251. The van der Waals surface area contributed by atoms with Crippen LogP contribution in [0.5, 0.6) is 11.5 Å². The van der Waals surface area contributed by atoms with Crippen molar-refractivity contribution in [2.45, 2.75) is 6.42 Å². The van der Waals surface area contributed by atoms with E-state index < -0.39 is 5.97 Å². The van der Waals surface area contributed by atoms with Crippen LogP contribution in [-0.2, 0) is 4.79 Å². The van der Waals surface area contributed by atoms with Crippen LogP contribution in [0.1, 0.15) is 6.42 Å². The zero-order valence-corrected chi connectivity index (χ0v) is 11.4. The minimum Gasteiger partial charge on any atom is -0.481 e. The summed E-state index contributed by atoms with van der Waals surface area (Å²) in [5.41, 5.74) is 0.669. The van der Waals surface area contributed by atoms with E-state index in [1.807, 2.05) is 30.3 Å². The summed E-state index contributed by atoms with van der Waals surface area (Å²) < 4.78 is 5.75. The lowest BCUT2D eigenvalue weighted by Gasteiger charge is -2.13. The van der Waals surface area contributed by atoms with E-state index >= 15 is 0 Å². The van der Waals surface area contributed by atoms with Crippen LogP contribution in [0.2, 0.25) is 5.02 Å². The number of para-hydroxylation sites is 1. The van der Waals surface area contributed by atoms with E-state index in [0.29, 0.717) is 28.8 Å². The summed E-state index contributed by atoms with van der Waals surface area (Å²) in [6, 6.07) is 14.5. The Balaban J connectivity index is 2.13. The number of benzene rings is 2. The lowest BCUT2D eigenvalue weighted by molar-refractivity contribution is -0.136. The number of halogens is 1. The number of carboxylic acid groups (broad SMARTS) is 1. The molecule has 0 aliphatic carbocycles. The molecule has 2 N–H and O–H groups in total. The fourth-order valence-corrected chi connectivity index (χ4v) is 1.82. The summed E-state index contributed by atoms with van der Waals surface area (Å²) in [6.45, 7) is 0.306. The highest BCUT2D eigenvalue weighted by Crippen LogP contribution is 2.31. The Bertz CT molecular complexity index is 587. The molecule has 0 radical (unpaired) electrons. The molecule has 0 aromatic heterocycles. The first kappa shape index (κ1) is 14.2. The Morgan fingerprint density at radius 3 is 2.65 bits per heavy atom. The number of hydrogen-bond acceptors (Lipinski definition) is 3. The average Bonchev–Trinajstić information content (AvgIpc) is 2.42. The number of aliphatic carboxylic acids is 1. The highest BCUT2D eigenvalue weighted by molar-refractivity contribution is 6.30. The molecule has 0 aliphatic rings. The third-order valence-electron chi connectivity index (χ3n) is 2.57. The van der Waals surface area contributed by atoms with Crippen molar-refractivity contribution in [1.82, 2.24) is 0 Å². The molecule has 104 valence electrons. The molecule has 0 unspecified atom stereocenters. The molecule has 0 saturated carbocycles. The molecular weight excluding hydrogens is 278 g/mol. The van der Waals surface area contributed by atoms with Gasteiger partial charge in [0, 0.05) is 11.6 Å². The van der Waals surface area contributed by atoms with Crippen LogP contribution >= 0.6 is 11.6 Å². The van der Waals surface area contributed by atoms with Gasteiger partial charge >= 0.3 is 5.97 Å². The smallest absolute Gasteiger partial charge is 0.305 e. The third-order valence-corrected chi connectivity index (χ3v) is 2.80. The first-order valence-electron chi connectivity index (χ1n) is 6.13. The SMILES string of the molecule is O=C(O)CCNc1cc(Cl)ccc1Oc1ccccc1. The van der Waals surface area contributed by atoms with Gasteiger partial charge in [0.15, 0.2) is 5.75 Å². The van der Waals surface area contributed by atoms with Crippen molar-refractivity contribution in [3.63, 3.8) is 0 Å². The topological polar surface area (TPSA) is 58.6 Å². The number of anilines is 1. The molecule has 5 heteroatoms. The van der Waals surface area contributed by atoms with E-state index in [9.17, 15) is 4.79 Å². The Kier molecular flexibility index (Phi) is 4.85. The van der Waals surface area contributed by atoms with Crippen molar-refractivity contribution < 1.29 is 14.6 Å². The molecule has 0 spiro atoms. The van der Waals surface area contributed by atoms with Crippen LogP contribution in [0, 0.1) is 0 Å². The van der Waals surface area contributed by atoms with Crippen molar-refractivity contribution in [3.05, 3.63) is 53.6 Å². The van der Waals surface area contributed by atoms with Crippen molar-refractivity contribution in [1.29, 1.82) is 0 Å². The van der Waals surface area contributed by atoms with E-state index in [1.165, 1.54) is 0 Å². The minimum atomic E-state index is -0.856. The third kappa shape index (κ3) is 4.17. The van der Waals surface area contributed by atoms with Gasteiger partial charge in [-0.05, 0) is 30.3 Å². The largest absolute Gasteiger partial charge is 0.481 e. The average molecular weight is 292 g/mol. The predicted octanol–water partition coefficient (Wildman–Crippen LogP) is 4.02. The number of ether oxygens (including phenoxy) is 1. The second kappa shape index (κ2) is 6.82. The second-order valence-corrected chi connectivity index (χ2v) is 4.56. The number of rotatable bonds is 6. The van der Waals surface area contributed by atoms with E-state index in [-0.39, 0.29) is 6.42 Å². The molecule has 0 heterocycles. The number of carbonyl (C=O) groups is 1. The van der Waals surface area contributed by atoms with Gasteiger partial charge in [-0.1, -0.05) is 29.8 Å². The molecule has 2 rings (SSSR count). The maximum absolute atomic E-state index is 10.5. The molecule has 0 amide bonds. The van der Waals surface area contributed by atoms with E-state index in [2.05, 4.69) is 5.32 Å². The van der Waals surface area contributed by atoms with Crippen molar-refractivity contribution in [2.75, 3.05) is 11.9 Å². The van der Waals surface area contributed by atoms with Gasteiger partial charge in [-0.25, -0.2) is 0 Å². The van der Waals surface area contributed by atoms with Crippen LogP contribution in [0.4, 0.5) is 5.69 Å². The van der Waals surface area contributed by atoms with Gasteiger partial charge < -0.3 is 15.2 Å². The molecule has 2 aromatic carbocycles. The van der Waals surface area contributed by atoms with Crippen LogP contribution < -0.4 is 10.1 Å². The van der Waals surface area contributed by atoms with Gasteiger partial charge in [0.2, 0.25) is 0 Å². The van der Waals surface area contributed by atoms with E-state index in [0.717, 1.165) is 0 Å². The molecule has 0 aliphatic heterocycles. The van der Waals surface area contributed by atoms with Gasteiger partial charge in [0.1, 0.15) is 5.75 Å². The molecule has 0 saturated heterocycles. The van der Waals surface area contributed by atoms with Crippen molar-refractivity contribution >= 4 is 23.3 Å². The Hall–Kier alpha value is -2.20. The van der Waals surface area contributed by atoms with Crippen LogP contribution in [0.25, 0.3) is 0 Å². The fourth-order valence-electron chi connectivity index (χ4n) is 1.65. The van der Waals surface area contributed by atoms with E-state index in [1.54, 1.807) is 18.2 Å². The van der Waals surface area contributed by atoms with Gasteiger partial charge in [0.25, 0.3) is 0 Å². The van der Waals surface area contributed by atoms with Gasteiger partial charge in [-0.2, -0.15) is 0 Å². The normalized spacial score (nSPS) is 10.1.